The summed E-state index contributed by atoms with van der Waals surface area (Å²) in [7, 11) is -0.461. The molecule has 0 aliphatic carbocycles. The summed E-state index contributed by atoms with van der Waals surface area (Å²) in [4.78, 5) is 0. The summed E-state index contributed by atoms with van der Waals surface area (Å²) < 4.78 is 18.0. The Morgan fingerprint density at radius 1 is 0.870 bits per heavy atom. The minimum atomic E-state index is -0.461. The Hall–Kier alpha value is -1.49. The van der Waals surface area contributed by atoms with Crippen molar-refractivity contribution in [2.75, 3.05) is 0 Å². The van der Waals surface area contributed by atoms with Crippen LogP contribution >= 0.6 is 11.6 Å². The summed E-state index contributed by atoms with van der Waals surface area (Å²) in [5.41, 5.74) is 0.0722. The van der Waals surface area contributed by atoms with Gasteiger partial charge in [0.1, 0.15) is 11.5 Å². The van der Waals surface area contributed by atoms with Crippen LogP contribution in [-0.4, -0.2) is 18.3 Å². The first-order chi connectivity index (χ1) is 10.8. The monoisotopic (exact) mass is 330 g/mol. The molecule has 120 valence electrons. The van der Waals surface area contributed by atoms with Crippen LogP contribution in [-0.2, 0) is 9.31 Å². The number of hydrogen-bond donors (Lipinski definition) is 0. The number of rotatable bonds is 3. The Morgan fingerprint density at radius 2 is 1.48 bits per heavy atom. The average molecular weight is 331 g/mol. The molecule has 0 bridgehead atoms. The normalized spacial score (nSPS) is 18.9. The van der Waals surface area contributed by atoms with Crippen LogP contribution in [0.2, 0.25) is 5.02 Å². The molecule has 0 saturated carbocycles. The van der Waals surface area contributed by atoms with E-state index in [4.69, 9.17) is 25.6 Å². The smallest absolute Gasteiger partial charge is 0.457 e. The van der Waals surface area contributed by atoms with Crippen molar-refractivity contribution in [1.82, 2.24) is 0 Å². The molecule has 0 unspecified atom stereocenters. The van der Waals surface area contributed by atoms with Crippen molar-refractivity contribution in [2.24, 2.45) is 0 Å². The van der Waals surface area contributed by atoms with E-state index in [1.54, 1.807) is 6.07 Å². The van der Waals surface area contributed by atoms with E-state index in [1.807, 2.05) is 70.2 Å². The highest BCUT2D eigenvalue weighted by molar-refractivity contribution is 6.62. The SMILES string of the molecule is CC1(C)OB(c2cc(Cl)cc(Oc3ccccc3)c2)OC1(C)C. The summed E-state index contributed by atoms with van der Waals surface area (Å²) in [6.07, 6.45) is 0. The Bertz CT molecular complexity index is 685. The van der Waals surface area contributed by atoms with Crippen LogP contribution in [0.15, 0.2) is 48.5 Å². The highest BCUT2D eigenvalue weighted by atomic mass is 35.5. The van der Waals surface area contributed by atoms with Crippen LogP contribution in [0.4, 0.5) is 0 Å². The maximum Gasteiger partial charge on any atom is 0.495 e. The standard InChI is InChI=1S/C18H20BClO3/c1-17(2)18(3,4)23-19(22-17)13-10-14(20)12-16(11-13)21-15-8-6-5-7-9-15/h5-12H,1-4H3. The topological polar surface area (TPSA) is 27.7 Å². The third-order valence-corrected chi connectivity index (χ3v) is 4.62. The van der Waals surface area contributed by atoms with Gasteiger partial charge >= 0.3 is 7.12 Å². The lowest BCUT2D eigenvalue weighted by atomic mass is 9.79. The summed E-state index contributed by atoms with van der Waals surface area (Å²) in [6, 6.07) is 15.1. The Balaban J connectivity index is 1.87. The van der Waals surface area contributed by atoms with E-state index in [9.17, 15) is 0 Å². The molecule has 1 aliphatic rings. The van der Waals surface area contributed by atoms with Gasteiger partial charge in [0.25, 0.3) is 0 Å². The first-order valence-electron chi connectivity index (χ1n) is 7.66. The number of halogens is 1. The molecule has 1 saturated heterocycles. The van der Waals surface area contributed by atoms with E-state index in [2.05, 4.69) is 0 Å². The molecule has 1 aliphatic heterocycles. The van der Waals surface area contributed by atoms with Crippen LogP contribution in [0.3, 0.4) is 0 Å². The van der Waals surface area contributed by atoms with E-state index in [0.717, 1.165) is 11.2 Å². The lowest BCUT2D eigenvalue weighted by Crippen LogP contribution is -2.41. The quantitative estimate of drug-likeness (QED) is 0.779. The Morgan fingerprint density at radius 3 is 2.09 bits per heavy atom. The largest absolute Gasteiger partial charge is 0.495 e. The van der Waals surface area contributed by atoms with Crippen molar-refractivity contribution >= 4 is 24.2 Å². The maximum absolute atomic E-state index is 6.25. The van der Waals surface area contributed by atoms with E-state index >= 15 is 0 Å². The zero-order chi connectivity index (χ0) is 16.7. The van der Waals surface area contributed by atoms with E-state index in [0.29, 0.717) is 10.8 Å². The third-order valence-electron chi connectivity index (χ3n) is 4.40. The third kappa shape index (κ3) is 3.39. The van der Waals surface area contributed by atoms with Gasteiger partial charge in [-0.15, -0.1) is 0 Å². The number of benzene rings is 2. The minimum absolute atomic E-state index is 0.388. The molecule has 0 atom stereocenters. The highest BCUT2D eigenvalue weighted by Crippen LogP contribution is 2.37. The average Bonchev–Trinajstić information content (AvgIpc) is 2.68. The number of para-hydroxylation sites is 1. The lowest BCUT2D eigenvalue weighted by molar-refractivity contribution is 0.00578. The van der Waals surface area contributed by atoms with Crippen LogP contribution < -0.4 is 10.2 Å². The molecule has 1 heterocycles. The molecule has 0 spiro atoms. The van der Waals surface area contributed by atoms with E-state index in [1.165, 1.54) is 0 Å². The molecule has 3 nitrogen and oxygen atoms in total. The second-order valence-corrected chi connectivity index (χ2v) is 7.16. The zero-order valence-electron chi connectivity index (χ0n) is 13.8. The number of hydrogen-bond acceptors (Lipinski definition) is 3. The van der Waals surface area contributed by atoms with Gasteiger partial charge in [-0.3, -0.25) is 0 Å². The van der Waals surface area contributed by atoms with Gasteiger partial charge in [0, 0.05) is 5.02 Å². The van der Waals surface area contributed by atoms with Crippen molar-refractivity contribution < 1.29 is 14.0 Å². The van der Waals surface area contributed by atoms with Gasteiger partial charge in [-0.25, -0.2) is 0 Å². The summed E-state index contributed by atoms with van der Waals surface area (Å²) in [5.74, 6) is 1.42. The molecule has 2 aromatic carbocycles. The fourth-order valence-corrected chi connectivity index (χ4v) is 2.62. The predicted molar refractivity (Wildman–Crippen MR) is 93.7 cm³/mol. The fourth-order valence-electron chi connectivity index (χ4n) is 2.38. The van der Waals surface area contributed by atoms with Gasteiger partial charge < -0.3 is 14.0 Å². The molecule has 3 rings (SSSR count). The van der Waals surface area contributed by atoms with Crippen molar-refractivity contribution in [1.29, 1.82) is 0 Å². The molecule has 0 radical (unpaired) electrons. The minimum Gasteiger partial charge on any atom is -0.457 e. The van der Waals surface area contributed by atoms with Crippen LogP contribution in [0.1, 0.15) is 27.7 Å². The molecule has 0 aromatic heterocycles. The predicted octanol–water partition coefficient (Wildman–Crippen LogP) is 4.43. The van der Waals surface area contributed by atoms with Gasteiger partial charge in [0.15, 0.2) is 0 Å². The van der Waals surface area contributed by atoms with E-state index < -0.39 is 7.12 Å². The van der Waals surface area contributed by atoms with Gasteiger partial charge in [-0.1, -0.05) is 29.8 Å². The fraction of sp³-hybridized carbons (Fsp3) is 0.333. The van der Waals surface area contributed by atoms with Crippen LogP contribution in [0.5, 0.6) is 11.5 Å². The molecule has 23 heavy (non-hydrogen) atoms. The first-order valence-corrected chi connectivity index (χ1v) is 8.04. The molecular formula is C18H20BClO3. The van der Waals surface area contributed by atoms with Crippen molar-refractivity contribution in [3.05, 3.63) is 53.6 Å². The Kier molecular flexibility index (Phi) is 4.17. The number of ether oxygens (including phenoxy) is 1. The molecule has 5 heteroatoms. The zero-order valence-corrected chi connectivity index (χ0v) is 14.6. The van der Waals surface area contributed by atoms with E-state index in [-0.39, 0.29) is 11.2 Å². The first kappa shape index (κ1) is 16.4. The summed E-state index contributed by atoms with van der Waals surface area (Å²) >= 11 is 6.25. The van der Waals surface area contributed by atoms with Crippen LogP contribution in [0.25, 0.3) is 0 Å². The lowest BCUT2D eigenvalue weighted by Gasteiger charge is -2.32. The molecular weight excluding hydrogens is 310 g/mol. The van der Waals surface area contributed by atoms with Crippen LogP contribution in [0, 0.1) is 0 Å². The molecule has 0 amide bonds. The van der Waals surface area contributed by atoms with Crippen molar-refractivity contribution in [3.63, 3.8) is 0 Å². The Labute approximate surface area is 142 Å². The molecule has 1 fully saturated rings. The van der Waals surface area contributed by atoms with Crippen molar-refractivity contribution in [2.45, 2.75) is 38.9 Å². The van der Waals surface area contributed by atoms with Gasteiger partial charge in [-0.2, -0.15) is 0 Å². The molecule has 0 N–H and O–H groups in total. The second-order valence-electron chi connectivity index (χ2n) is 6.72. The van der Waals surface area contributed by atoms with Gasteiger partial charge in [0.2, 0.25) is 0 Å². The highest BCUT2D eigenvalue weighted by Gasteiger charge is 2.51. The maximum atomic E-state index is 6.25. The van der Waals surface area contributed by atoms with Gasteiger partial charge in [0.05, 0.1) is 11.2 Å². The molecule has 2 aromatic rings. The summed E-state index contributed by atoms with van der Waals surface area (Å²) in [6.45, 7) is 8.11. The van der Waals surface area contributed by atoms with Gasteiger partial charge in [-0.05, 0) is 63.5 Å². The van der Waals surface area contributed by atoms with Crippen molar-refractivity contribution in [3.8, 4) is 11.5 Å². The second kappa shape index (κ2) is 5.86. The summed E-state index contributed by atoms with van der Waals surface area (Å²) in [5, 5.41) is 0.586.